The first-order chi connectivity index (χ1) is 11.6. The Morgan fingerprint density at radius 3 is 2.38 bits per heavy atom. The average molecular weight is 329 g/mol. The number of benzene rings is 1. The highest BCUT2D eigenvalue weighted by Gasteiger charge is 2.26. The van der Waals surface area contributed by atoms with Gasteiger partial charge in [-0.1, -0.05) is 32.4 Å². The summed E-state index contributed by atoms with van der Waals surface area (Å²) in [5, 5.41) is 0. The number of amides is 1. The molecule has 0 spiro atoms. The van der Waals surface area contributed by atoms with E-state index in [2.05, 4.69) is 41.8 Å². The van der Waals surface area contributed by atoms with Crippen molar-refractivity contribution in [2.24, 2.45) is 5.92 Å². The summed E-state index contributed by atoms with van der Waals surface area (Å²) in [4.78, 5) is 19.6. The predicted octanol–water partition coefficient (Wildman–Crippen LogP) is 3.37. The Balaban J connectivity index is 1.68. The van der Waals surface area contributed by atoms with Crippen LogP contribution in [0.1, 0.15) is 39.5 Å². The molecule has 2 aliphatic rings. The van der Waals surface area contributed by atoms with Crippen LogP contribution in [0, 0.1) is 5.92 Å². The lowest BCUT2D eigenvalue weighted by Crippen LogP contribution is -2.47. The summed E-state index contributed by atoms with van der Waals surface area (Å²) in [5.41, 5.74) is 2.31. The molecular weight excluding hydrogens is 298 g/mol. The molecule has 0 saturated carbocycles. The summed E-state index contributed by atoms with van der Waals surface area (Å²) in [7, 11) is 0. The number of likely N-dealkylation sites (tertiary alicyclic amines) is 1. The lowest BCUT2D eigenvalue weighted by atomic mass is 10.1. The maximum Gasteiger partial charge on any atom is 0.227 e. The van der Waals surface area contributed by atoms with Gasteiger partial charge in [-0.05, 0) is 44.0 Å². The molecule has 132 valence electrons. The number of piperidine rings is 1. The highest BCUT2D eigenvalue weighted by Crippen LogP contribution is 2.33. The normalized spacial score (nSPS) is 18.8. The van der Waals surface area contributed by atoms with Gasteiger partial charge in [0.2, 0.25) is 5.91 Å². The van der Waals surface area contributed by atoms with Crippen molar-refractivity contribution in [3.05, 3.63) is 24.3 Å². The fourth-order valence-electron chi connectivity index (χ4n) is 3.82. The SMILES string of the molecule is CC(C)CC(=O)N1CCN(CCN2CCCCC2)c2ccccc21. The van der Waals surface area contributed by atoms with E-state index in [4.69, 9.17) is 0 Å². The Morgan fingerprint density at radius 1 is 0.958 bits per heavy atom. The van der Waals surface area contributed by atoms with Gasteiger partial charge in [-0.15, -0.1) is 0 Å². The molecule has 1 aromatic carbocycles. The molecule has 2 heterocycles. The van der Waals surface area contributed by atoms with Crippen molar-refractivity contribution < 1.29 is 4.79 Å². The smallest absolute Gasteiger partial charge is 0.227 e. The number of carbonyl (C=O) groups excluding carboxylic acids is 1. The van der Waals surface area contributed by atoms with Crippen LogP contribution in [-0.2, 0) is 4.79 Å². The van der Waals surface area contributed by atoms with Crippen LogP contribution in [0.2, 0.25) is 0 Å². The van der Waals surface area contributed by atoms with Gasteiger partial charge in [0, 0.05) is 32.6 Å². The minimum Gasteiger partial charge on any atom is -0.367 e. The van der Waals surface area contributed by atoms with Crippen molar-refractivity contribution in [3.8, 4) is 0 Å². The van der Waals surface area contributed by atoms with Crippen molar-refractivity contribution in [3.63, 3.8) is 0 Å². The second-order valence-corrected chi connectivity index (χ2v) is 7.52. The van der Waals surface area contributed by atoms with Crippen LogP contribution >= 0.6 is 0 Å². The molecule has 24 heavy (non-hydrogen) atoms. The summed E-state index contributed by atoms with van der Waals surface area (Å²) in [6, 6.07) is 8.40. The van der Waals surface area contributed by atoms with Crippen molar-refractivity contribution in [1.82, 2.24) is 4.90 Å². The number of hydrogen-bond acceptors (Lipinski definition) is 3. The van der Waals surface area contributed by atoms with Gasteiger partial charge in [-0.3, -0.25) is 4.79 Å². The molecule has 1 amide bonds. The van der Waals surface area contributed by atoms with E-state index in [1.807, 2.05) is 11.0 Å². The van der Waals surface area contributed by atoms with E-state index in [1.54, 1.807) is 0 Å². The van der Waals surface area contributed by atoms with Gasteiger partial charge in [-0.2, -0.15) is 0 Å². The molecular formula is C20H31N3O. The monoisotopic (exact) mass is 329 g/mol. The van der Waals surface area contributed by atoms with Crippen molar-refractivity contribution >= 4 is 17.3 Å². The lowest BCUT2D eigenvalue weighted by Gasteiger charge is -2.39. The molecule has 2 aliphatic heterocycles. The predicted molar refractivity (Wildman–Crippen MR) is 101 cm³/mol. The molecule has 4 heteroatoms. The number of fused-ring (bicyclic) bond motifs is 1. The van der Waals surface area contributed by atoms with Gasteiger partial charge >= 0.3 is 0 Å². The first kappa shape index (κ1) is 17.3. The summed E-state index contributed by atoms with van der Waals surface area (Å²) < 4.78 is 0. The molecule has 4 nitrogen and oxygen atoms in total. The van der Waals surface area contributed by atoms with Gasteiger partial charge in [0.1, 0.15) is 0 Å². The molecule has 0 unspecified atom stereocenters. The van der Waals surface area contributed by atoms with E-state index in [-0.39, 0.29) is 5.91 Å². The fourth-order valence-corrected chi connectivity index (χ4v) is 3.82. The maximum absolute atomic E-state index is 12.6. The number of rotatable bonds is 5. The second-order valence-electron chi connectivity index (χ2n) is 7.52. The summed E-state index contributed by atoms with van der Waals surface area (Å²) in [6.45, 7) is 10.6. The van der Waals surface area contributed by atoms with Crippen LogP contribution in [0.5, 0.6) is 0 Å². The number of nitrogens with zero attached hydrogens (tertiary/aromatic N) is 3. The van der Waals surface area contributed by atoms with Crippen LogP contribution in [-0.4, -0.2) is 50.1 Å². The Morgan fingerprint density at radius 2 is 1.67 bits per heavy atom. The zero-order valence-electron chi connectivity index (χ0n) is 15.2. The van der Waals surface area contributed by atoms with E-state index in [1.165, 1.54) is 38.0 Å². The van der Waals surface area contributed by atoms with Crippen molar-refractivity contribution in [2.75, 3.05) is 49.1 Å². The Labute approximate surface area is 146 Å². The molecule has 1 saturated heterocycles. The van der Waals surface area contributed by atoms with Crippen LogP contribution in [0.4, 0.5) is 11.4 Å². The Kier molecular flexibility index (Phi) is 5.77. The van der Waals surface area contributed by atoms with E-state index in [0.717, 1.165) is 31.9 Å². The van der Waals surface area contributed by atoms with Gasteiger partial charge < -0.3 is 14.7 Å². The Bertz CT molecular complexity index is 552. The molecule has 0 aromatic heterocycles. The minimum atomic E-state index is 0.258. The number of anilines is 2. The summed E-state index contributed by atoms with van der Waals surface area (Å²) in [6.07, 6.45) is 4.69. The average Bonchev–Trinajstić information content (AvgIpc) is 2.60. The van der Waals surface area contributed by atoms with Crippen molar-refractivity contribution in [1.29, 1.82) is 0 Å². The highest BCUT2D eigenvalue weighted by atomic mass is 16.2. The van der Waals surface area contributed by atoms with Crippen LogP contribution in [0.25, 0.3) is 0 Å². The molecule has 0 aliphatic carbocycles. The summed E-state index contributed by atoms with van der Waals surface area (Å²) in [5.74, 6) is 0.662. The quantitative estimate of drug-likeness (QED) is 0.829. The molecule has 0 bridgehead atoms. The Hall–Kier alpha value is -1.55. The van der Waals surface area contributed by atoms with Gasteiger partial charge in [0.25, 0.3) is 0 Å². The van der Waals surface area contributed by atoms with Gasteiger partial charge in [0.05, 0.1) is 11.4 Å². The van der Waals surface area contributed by atoms with Crippen LogP contribution in [0.15, 0.2) is 24.3 Å². The van der Waals surface area contributed by atoms with Crippen LogP contribution in [0.3, 0.4) is 0 Å². The maximum atomic E-state index is 12.6. The van der Waals surface area contributed by atoms with E-state index in [0.29, 0.717) is 12.3 Å². The number of para-hydroxylation sites is 2. The topological polar surface area (TPSA) is 26.8 Å². The minimum absolute atomic E-state index is 0.258. The fraction of sp³-hybridized carbons (Fsp3) is 0.650. The van der Waals surface area contributed by atoms with Crippen molar-refractivity contribution in [2.45, 2.75) is 39.5 Å². The largest absolute Gasteiger partial charge is 0.367 e. The van der Waals surface area contributed by atoms with E-state index < -0.39 is 0 Å². The third kappa shape index (κ3) is 4.10. The van der Waals surface area contributed by atoms with Gasteiger partial charge in [0.15, 0.2) is 0 Å². The van der Waals surface area contributed by atoms with E-state index in [9.17, 15) is 4.79 Å². The third-order valence-electron chi connectivity index (χ3n) is 5.13. The lowest BCUT2D eigenvalue weighted by molar-refractivity contribution is -0.119. The summed E-state index contributed by atoms with van der Waals surface area (Å²) >= 11 is 0. The first-order valence-corrected chi connectivity index (χ1v) is 9.52. The molecule has 0 atom stereocenters. The number of hydrogen-bond donors (Lipinski definition) is 0. The first-order valence-electron chi connectivity index (χ1n) is 9.52. The third-order valence-corrected chi connectivity index (χ3v) is 5.13. The van der Waals surface area contributed by atoms with Crippen LogP contribution < -0.4 is 9.80 Å². The zero-order valence-corrected chi connectivity index (χ0v) is 15.2. The molecule has 0 N–H and O–H groups in total. The molecule has 0 radical (unpaired) electrons. The molecule has 1 fully saturated rings. The van der Waals surface area contributed by atoms with E-state index >= 15 is 0 Å². The number of carbonyl (C=O) groups is 1. The molecule has 1 aromatic rings. The van der Waals surface area contributed by atoms with Gasteiger partial charge in [-0.25, -0.2) is 0 Å². The second kappa shape index (κ2) is 8.02. The molecule has 3 rings (SSSR count). The highest BCUT2D eigenvalue weighted by molar-refractivity contribution is 5.97. The zero-order chi connectivity index (χ0) is 16.9. The standard InChI is InChI=1S/C20H31N3O/c1-17(2)16-20(24)23-15-14-22(18-8-4-5-9-19(18)23)13-12-21-10-6-3-7-11-21/h4-5,8-9,17H,3,6-7,10-16H2,1-2H3.